The van der Waals surface area contributed by atoms with E-state index in [1.807, 2.05) is 0 Å². The summed E-state index contributed by atoms with van der Waals surface area (Å²) in [7, 11) is 0. The van der Waals surface area contributed by atoms with Crippen molar-refractivity contribution >= 4 is 21.9 Å². The van der Waals surface area contributed by atoms with E-state index < -0.39 is 17.7 Å². The maximum absolute atomic E-state index is 12.7. The van der Waals surface area contributed by atoms with Gasteiger partial charge in [0.25, 0.3) is 0 Å². The smallest absolute Gasteiger partial charge is 0.416 e. The molecule has 0 aliphatic rings. The van der Waals surface area contributed by atoms with Gasteiger partial charge in [0.15, 0.2) is 0 Å². The number of benzene rings is 1. The van der Waals surface area contributed by atoms with Crippen LogP contribution in [0, 0.1) is 11.3 Å². The second-order valence-electron chi connectivity index (χ2n) is 3.59. The lowest BCUT2D eigenvalue weighted by molar-refractivity contribution is -0.142. The van der Waals surface area contributed by atoms with Crippen molar-refractivity contribution in [3.8, 4) is 6.07 Å². The molecule has 19 heavy (non-hydrogen) atoms. The Balaban J connectivity index is 3.23. The molecule has 0 saturated heterocycles. The Morgan fingerprint density at radius 3 is 2.58 bits per heavy atom. The number of nitriles is 1. The Morgan fingerprint density at radius 2 is 2.11 bits per heavy atom. The zero-order valence-corrected chi connectivity index (χ0v) is 11.4. The first-order valence-electron chi connectivity index (χ1n) is 5.25. The van der Waals surface area contributed by atoms with Gasteiger partial charge >= 0.3 is 12.1 Å². The number of hydrogen-bond donors (Lipinski definition) is 0. The van der Waals surface area contributed by atoms with Crippen molar-refractivity contribution in [3.05, 3.63) is 33.3 Å². The quantitative estimate of drug-likeness (QED) is 0.795. The van der Waals surface area contributed by atoms with E-state index in [1.165, 1.54) is 0 Å². The minimum atomic E-state index is -4.57. The average Bonchev–Trinajstić information content (AvgIpc) is 2.30. The van der Waals surface area contributed by atoms with Crippen LogP contribution in [0.25, 0.3) is 0 Å². The molecule has 0 aliphatic carbocycles. The fourth-order valence-corrected chi connectivity index (χ4v) is 1.88. The Labute approximate surface area is 116 Å². The molecule has 0 radical (unpaired) electrons. The highest BCUT2D eigenvalue weighted by atomic mass is 79.9. The summed E-state index contributed by atoms with van der Waals surface area (Å²) in [6, 6.07) is 3.22. The van der Waals surface area contributed by atoms with E-state index in [0.29, 0.717) is 0 Å². The molecule has 102 valence electrons. The van der Waals surface area contributed by atoms with Gasteiger partial charge in [-0.25, -0.2) is 0 Å². The third-order valence-corrected chi connectivity index (χ3v) is 3.17. The van der Waals surface area contributed by atoms with E-state index in [1.54, 1.807) is 13.0 Å². The van der Waals surface area contributed by atoms with Crippen LogP contribution in [-0.4, -0.2) is 12.6 Å². The molecule has 0 bridgehead atoms. The number of carbonyl (C=O) groups excluding carboxylic acids is 1. The highest BCUT2D eigenvalue weighted by Gasteiger charge is 2.32. The molecule has 0 amide bonds. The van der Waals surface area contributed by atoms with Crippen molar-refractivity contribution < 1.29 is 22.7 Å². The predicted octanol–water partition coefficient (Wildman–Crippen LogP) is 3.45. The van der Waals surface area contributed by atoms with Crippen LogP contribution in [0.3, 0.4) is 0 Å². The maximum atomic E-state index is 12.7. The molecule has 0 spiro atoms. The van der Waals surface area contributed by atoms with Crippen molar-refractivity contribution in [1.82, 2.24) is 0 Å². The summed E-state index contributed by atoms with van der Waals surface area (Å²) in [5.74, 6) is -0.647. The zero-order chi connectivity index (χ0) is 14.6. The molecule has 0 N–H and O–H groups in total. The van der Waals surface area contributed by atoms with Gasteiger partial charge in [0.05, 0.1) is 24.2 Å². The molecular weight excluding hydrogens is 327 g/mol. The number of carbonyl (C=O) groups is 1. The molecule has 3 nitrogen and oxygen atoms in total. The topological polar surface area (TPSA) is 50.1 Å². The Morgan fingerprint density at radius 1 is 1.47 bits per heavy atom. The van der Waals surface area contributed by atoms with Crippen molar-refractivity contribution in [3.63, 3.8) is 0 Å². The number of rotatable bonds is 3. The fraction of sp³-hybridized carbons (Fsp3) is 0.333. The van der Waals surface area contributed by atoms with Crippen LogP contribution in [0.2, 0.25) is 0 Å². The van der Waals surface area contributed by atoms with Gasteiger partial charge in [-0.2, -0.15) is 18.4 Å². The van der Waals surface area contributed by atoms with Gasteiger partial charge < -0.3 is 4.74 Å². The average molecular weight is 336 g/mol. The summed E-state index contributed by atoms with van der Waals surface area (Å²) in [5, 5.41) is 8.81. The van der Waals surface area contributed by atoms with Gasteiger partial charge in [0.1, 0.15) is 6.07 Å². The largest absolute Gasteiger partial charge is 0.466 e. The van der Waals surface area contributed by atoms with E-state index in [-0.39, 0.29) is 28.6 Å². The first kappa shape index (κ1) is 15.5. The summed E-state index contributed by atoms with van der Waals surface area (Å²) >= 11 is 3.02. The van der Waals surface area contributed by atoms with E-state index >= 15 is 0 Å². The molecule has 1 aromatic rings. The lowest BCUT2D eigenvalue weighted by Gasteiger charge is -2.12. The predicted molar refractivity (Wildman–Crippen MR) is 64.2 cm³/mol. The molecule has 0 atom stereocenters. The molecule has 1 aromatic carbocycles. The lowest BCUT2D eigenvalue weighted by Crippen LogP contribution is -2.11. The summed E-state index contributed by atoms with van der Waals surface area (Å²) in [6.45, 7) is 1.74. The highest BCUT2D eigenvalue weighted by molar-refractivity contribution is 9.10. The monoisotopic (exact) mass is 335 g/mol. The first-order valence-corrected chi connectivity index (χ1v) is 6.04. The number of alkyl halides is 3. The number of esters is 1. The Kier molecular flexibility index (Phi) is 4.95. The second kappa shape index (κ2) is 6.06. The normalized spacial score (nSPS) is 10.9. The SMILES string of the molecule is CCOC(=O)Cc1cc(C(F)(F)F)cc(C#N)c1Br. The van der Waals surface area contributed by atoms with Gasteiger partial charge in [0.2, 0.25) is 0 Å². The van der Waals surface area contributed by atoms with Gasteiger partial charge in [0, 0.05) is 4.47 Å². The molecule has 0 aliphatic heterocycles. The lowest BCUT2D eigenvalue weighted by atomic mass is 10.0. The van der Waals surface area contributed by atoms with E-state index in [0.717, 1.165) is 12.1 Å². The van der Waals surface area contributed by atoms with E-state index in [4.69, 9.17) is 5.26 Å². The summed E-state index contributed by atoms with van der Waals surface area (Å²) in [5.41, 5.74) is -1.06. The fourth-order valence-electron chi connectivity index (χ4n) is 1.43. The van der Waals surface area contributed by atoms with Gasteiger partial charge in [-0.3, -0.25) is 4.79 Å². The van der Waals surface area contributed by atoms with Crippen molar-refractivity contribution in [2.45, 2.75) is 19.5 Å². The minimum Gasteiger partial charge on any atom is -0.466 e. The third-order valence-electron chi connectivity index (χ3n) is 2.24. The Hall–Kier alpha value is -1.55. The molecule has 0 aromatic heterocycles. The first-order chi connectivity index (χ1) is 8.79. The van der Waals surface area contributed by atoms with Crippen LogP contribution in [-0.2, 0) is 22.1 Å². The molecule has 0 heterocycles. The summed E-state index contributed by atoms with van der Waals surface area (Å²) in [4.78, 5) is 11.3. The highest BCUT2D eigenvalue weighted by Crippen LogP contribution is 2.34. The molecule has 0 unspecified atom stereocenters. The minimum absolute atomic E-state index is 0.0739. The molecular formula is C12H9BrF3NO2. The number of hydrogen-bond acceptors (Lipinski definition) is 3. The van der Waals surface area contributed by atoms with Crippen molar-refractivity contribution in [2.75, 3.05) is 6.61 Å². The molecule has 1 rings (SSSR count). The molecule has 7 heteroatoms. The zero-order valence-electron chi connectivity index (χ0n) is 9.84. The number of ether oxygens (including phenoxy) is 1. The van der Waals surface area contributed by atoms with Crippen LogP contribution in [0.5, 0.6) is 0 Å². The number of halogens is 4. The number of nitrogens with zero attached hydrogens (tertiary/aromatic N) is 1. The van der Waals surface area contributed by atoms with Gasteiger partial charge in [-0.15, -0.1) is 0 Å². The standard InChI is InChI=1S/C12H9BrF3NO2/c1-2-19-10(18)5-7-3-9(12(14,15)16)4-8(6-17)11(7)13/h3-4H,2,5H2,1H3. The van der Waals surface area contributed by atoms with Crippen LogP contribution in [0.15, 0.2) is 16.6 Å². The van der Waals surface area contributed by atoms with Crippen LogP contribution < -0.4 is 0 Å². The van der Waals surface area contributed by atoms with Gasteiger partial charge in [-0.1, -0.05) is 0 Å². The van der Waals surface area contributed by atoms with Crippen molar-refractivity contribution in [1.29, 1.82) is 5.26 Å². The van der Waals surface area contributed by atoms with Crippen LogP contribution in [0.4, 0.5) is 13.2 Å². The maximum Gasteiger partial charge on any atom is 0.416 e. The summed E-state index contributed by atoms with van der Waals surface area (Å²) in [6.07, 6.45) is -4.90. The van der Waals surface area contributed by atoms with E-state index in [2.05, 4.69) is 20.7 Å². The molecule has 0 fully saturated rings. The summed E-state index contributed by atoms with van der Waals surface area (Å²) < 4.78 is 42.8. The van der Waals surface area contributed by atoms with Gasteiger partial charge in [-0.05, 0) is 40.5 Å². The van der Waals surface area contributed by atoms with Crippen molar-refractivity contribution in [2.24, 2.45) is 0 Å². The molecule has 0 saturated carbocycles. The third kappa shape index (κ3) is 3.96. The van der Waals surface area contributed by atoms with Crippen LogP contribution in [0.1, 0.15) is 23.6 Å². The Bertz CT molecular complexity index is 535. The van der Waals surface area contributed by atoms with Crippen LogP contribution >= 0.6 is 15.9 Å². The van der Waals surface area contributed by atoms with E-state index in [9.17, 15) is 18.0 Å². The second-order valence-corrected chi connectivity index (χ2v) is 4.38.